The molecule has 34 heavy (non-hydrogen) atoms. The van der Waals surface area contributed by atoms with Crippen molar-refractivity contribution in [3.05, 3.63) is 12.7 Å². The summed E-state index contributed by atoms with van der Waals surface area (Å²) in [6.07, 6.45) is -0.297. The van der Waals surface area contributed by atoms with E-state index in [0.717, 1.165) is 0 Å². The monoisotopic (exact) mass is 562 g/mol. The van der Waals surface area contributed by atoms with Gasteiger partial charge in [-0.05, 0) is 34.6 Å². The van der Waals surface area contributed by atoms with Gasteiger partial charge < -0.3 is 18.9 Å². The number of aromatic nitrogens is 4. The number of imidazole rings is 1. The van der Waals surface area contributed by atoms with Crippen LogP contribution < -0.4 is 10.0 Å². The molecule has 4 atom stereocenters. The fourth-order valence-corrected chi connectivity index (χ4v) is 4.81. The zero-order valence-corrected chi connectivity index (χ0v) is 21.7. The van der Waals surface area contributed by atoms with Crippen molar-refractivity contribution >= 4 is 49.0 Å². The van der Waals surface area contributed by atoms with Gasteiger partial charge in [0.05, 0.1) is 6.33 Å². The van der Waals surface area contributed by atoms with Crippen molar-refractivity contribution in [2.75, 3.05) is 16.5 Å². The quantitative estimate of drug-likeness (QED) is 0.498. The zero-order valence-electron chi connectivity index (χ0n) is 19.3. The van der Waals surface area contributed by atoms with Crippen molar-refractivity contribution in [2.24, 2.45) is 0 Å². The van der Waals surface area contributed by atoms with E-state index in [1.165, 1.54) is 12.7 Å². The Morgan fingerprint density at radius 1 is 1.24 bits per heavy atom. The molecule has 4 rings (SSSR count). The van der Waals surface area contributed by atoms with Crippen molar-refractivity contribution in [3.8, 4) is 0 Å². The van der Waals surface area contributed by atoms with E-state index in [1.54, 1.807) is 39.2 Å². The Bertz CT molecular complexity index is 1180. The highest BCUT2D eigenvalue weighted by Gasteiger charge is 2.56. The third kappa shape index (κ3) is 5.33. The van der Waals surface area contributed by atoms with Crippen LogP contribution in [0.3, 0.4) is 0 Å². The van der Waals surface area contributed by atoms with Crippen LogP contribution in [0.5, 0.6) is 0 Å². The number of hydrogen-bond acceptors (Lipinski definition) is 10. The smallest absolute Gasteiger partial charge is 0.413 e. The average molecular weight is 563 g/mol. The third-order valence-corrected chi connectivity index (χ3v) is 7.73. The number of hydrogen-bond donors (Lipinski definition) is 2. The van der Waals surface area contributed by atoms with Crippen LogP contribution in [0.25, 0.3) is 11.2 Å². The lowest BCUT2D eigenvalue weighted by atomic mass is 10.1. The van der Waals surface area contributed by atoms with Gasteiger partial charge in [0, 0.05) is 6.54 Å². The number of sulfonamides is 1. The molecule has 2 aromatic heterocycles. The molecule has 0 bridgehead atoms. The number of carbonyl (C=O) groups excluding carboxylic acids is 1. The maximum absolute atomic E-state index is 12.2. The molecule has 0 aromatic carbocycles. The van der Waals surface area contributed by atoms with Crippen LogP contribution in [0.1, 0.15) is 40.8 Å². The van der Waals surface area contributed by atoms with Crippen LogP contribution in [0.15, 0.2) is 12.7 Å². The predicted octanol–water partition coefficient (Wildman–Crippen LogP) is 1.86. The number of rotatable bonds is 6. The Kier molecular flexibility index (Phi) is 6.63. The van der Waals surface area contributed by atoms with E-state index in [-0.39, 0.29) is 17.0 Å². The van der Waals surface area contributed by atoms with Crippen LogP contribution in [0.4, 0.5) is 10.6 Å². The lowest BCUT2D eigenvalue weighted by molar-refractivity contribution is -0.195. The summed E-state index contributed by atoms with van der Waals surface area (Å²) in [6, 6.07) is 0. The van der Waals surface area contributed by atoms with E-state index in [0.29, 0.717) is 11.2 Å². The zero-order chi connectivity index (χ0) is 24.9. The van der Waals surface area contributed by atoms with Crippen molar-refractivity contribution in [3.63, 3.8) is 0 Å². The van der Waals surface area contributed by atoms with Gasteiger partial charge in [-0.3, -0.25) is 9.88 Å². The number of carbonyl (C=O) groups is 1. The molecule has 4 heterocycles. The number of halogens is 1. The molecule has 2 aliphatic heterocycles. The van der Waals surface area contributed by atoms with Crippen LogP contribution in [0, 0.1) is 0 Å². The second kappa shape index (κ2) is 8.95. The van der Waals surface area contributed by atoms with Gasteiger partial charge in [-0.2, -0.15) is 0 Å². The summed E-state index contributed by atoms with van der Waals surface area (Å²) in [5.74, 6) is -0.711. The first-order chi connectivity index (χ1) is 15.8. The predicted molar refractivity (Wildman–Crippen MR) is 124 cm³/mol. The van der Waals surface area contributed by atoms with E-state index in [2.05, 4.69) is 40.9 Å². The molecule has 2 saturated heterocycles. The van der Waals surface area contributed by atoms with Gasteiger partial charge in [0.1, 0.15) is 34.9 Å². The molecule has 188 valence electrons. The molecular formula is C19H27BrN6O7S. The molecule has 1 amide bonds. The highest BCUT2D eigenvalue weighted by atomic mass is 79.9. The van der Waals surface area contributed by atoms with E-state index < -0.39 is 52.0 Å². The largest absolute Gasteiger partial charge is 0.444 e. The number of amides is 1. The molecule has 15 heteroatoms. The van der Waals surface area contributed by atoms with Crippen LogP contribution >= 0.6 is 15.9 Å². The van der Waals surface area contributed by atoms with Crippen LogP contribution in [-0.4, -0.2) is 74.9 Å². The Morgan fingerprint density at radius 3 is 2.62 bits per heavy atom. The first-order valence-electron chi connectivity index (χ1n) is 10.5. The van der Waals surface area contributed by atoms with E-state index in [9.17, 15) is 13.2 Å². The molecule has 13 nitrogen and oxygen atoms in total. The van der Waals surface area contributed by atoms with Gasteiger partial charge in [-0.1, -0.05) is 15.9 Å². The molecule has 0 saturated carbocycles. The van der Waals surface area contributed by atoms with Crippen molar-refractivity contribution < 1.29 is 32.2 Å². The first kappa shape index (κ1) is 25.2. The van der Waals surface area contributed by atoms with Gasteiger partial charge in [0.15, 0.2) is 29.0 Å². The lowest BCUT2D eigenvalue weighted by Gasteiger charge is -2.24. The molecule has 2 fully saturated rings. The Morgan fingerprint density at radius 2 is 1.94 bits per heavy atom. The summed E-state index contributed by atoms with van der Waals surface area (Å²) in [6.45, 7) is 8.81. The summed E-state index contributed by atoms with van der Waals surface area (Å²) in [5.41, 5.74) is 0.0372. The van der Waals surface area contributed by atoms with Gasteiger partial charge in [-0.15, -0.1) is 0 Å². The molecule has 0 spiro atoms. The summed E-state index contributed by atoms with van der Waals surface area (Å²) < 4.78 is 51.3. The molecule has 2 aliphatic rings. The van der Waals surface area contributed by atoms with Gasteiger partial charge in [0.2, 0.25) is 10.0 Å². The molecule has 0 aliphatic carbocycles. The van der Waals surface area contributed by atoms with E-state index in [1.807, 2.05) is 0 Å². The van der Waals surface area contributed by atoms with Crippen molar-refractivity contribution in [2.45, 2.75) is 70.5 Å². The van der Waals surface area contributed by atoms with Gasteiger partial charge >= 0.3 is 6.09 Å². The van der Waals surface area contributed by atoms with Crippen LogP contribution in [0.2, 0.25) is 0 Å². The van der Waals surface area contributed by atoms with E-state index in [4.69, 9.17) is 18.9 Å². The standard InChI is InChI=1S/C19H27BrN6O7S/c1-18(2,3)33-17(27)25-14-11-15(22-8-21-14)26(9-23-11)16-13-12(31-19(4,5)32-13)10(30-16)6-24-34(28,29)7-20/h8-10,12-13,16,24H,6-7H2,1-5H3,(H,21,22,25,27)/t10-,12+,13?,16-/m1/s1. The molecule has 2 N–H and O–H groups in total. The van der Waals surface area contributed by atoms with Gasteiger partial charge in [-0.25, -0.2) is 32.9 Å². The number of ether oxygens (including phenoxy) is 4. The Balaban J connectivity index is 1.61. The average Bonchev–Trinajstić information content (AvgIpc) is 3.36. The van der Waals surface area contributed by atoms with Gasteiger partial charge in [0.25, 0.3) is 0 Å². The third-order valence-electron chi connectivity index (χ3n) is 5.03. The number of alkyl halides is 1. The van der Waals surface area contributed by atoms with E-state index >= 15 is 0 Å². The minimum absolute atomic E-state index is 0.00188. The summed E-state index contributed by atoms with van der Waals surface area (Å²) in [5, 5.41) is 2.59. The van der Waals surface area contributed by atoms with Crippen molar-refractivity contribution in [1.82, 2.24) is 24.2 Å². The molecular weight excluding hydrogens is 536 g/mol. The summed E-state index contributed by atoms with van der Waals surface area (Å²) in [4.78, 5) is 25.0. The second-order valence-electron chi connectivity index (χ2n) is 9.38. The molecule has 2 aromatic rings. The normalized spacial score (nSPS) is 26.5. The summed E-state index contributed by atoms with van der Waals surface area (Å²) >= 11 is 2.95. The first-order valence-corrected chi connectivity index (χ1v) is 13.3. The highest BCUT2D eigenvalue weighted by Crippen LogP contribution is 2.43. The topological polar surface area (TPSA) is 156 Å². The summed E-state index contributed by atoms with van der Waals surface area (Å²) in [7, 11) is -3.50. The van der Waals surface area contributed by atoms with Crippen molar-refractivity contribution in [1.29, 1.82) is 0 Å². The second-order valence-corrected chi connectivity index (χ2v) is 12.5. The fraction of sp³-hybridized carbons (Fsp3) is 0.684. The maximum Gasteiger partial charge on any atom is 0.413 e. The highest BCUT2D eigenvalue weighted by molar-refractivity contribution is 9.10. The Labute approximate surface area is 205 Å². The minimum atomic E-state index is -3.50. The molecule has 0 radical (unpaired) electrons. The number of nitrogens with zero attached hydrogens (tertiary/aromatic N) is 4. The number of anilines is 1. The minimum Gasteiger partial charge on any atom is -0.444 e. The lowest BCUT2D eigenvalue weighted by Crippen LogP contribution is -2.40. The maximum atomic E-state index is 12.2. The number of nitrogens with one attached hydrogen (secondary N) is 2. The fourth-order valence-electron chi connectivity index (χ4n) is 3.82. The van der Waals surface area contributed by atoms with Crippen LogP contribution in [-0.2, 0) is 29.0 Å². The Hall–Kier alpha value is -1.91. The SMILES string of the molecule is CC(C)(C)OC(=O)Nc1ncnc2c1ncn2[C@@H]1O[C@H](CNS(=O)(=O)CBr)[C@@H]2OC(C)(C)OC21. The number of fused-ring (bicyclic) bond motifs is 2. The molecule has 1 unspecified atom stereocenters.